The number of aromatic nitrogens is 2. The Kier molecular flexibility index (Phi) is 5.88. The van der Waals surface area contributed by atoms with Crippen LogP contribution in [0.3, 0.4) is 0 Å². The summed E-state index contributed by atoms with van der Waals surface area (Å²) in [5.74, 6) is 0.231. The highest BCUT2D eigenvalue weighted by Crippen LogP contribution is 2.28. The lowest BCUT2D eigenvalue weighted by molar-refractivity contribution is -0.141. The predicted molar refractivity (Wildman–Crippen MR) is 95.6 cm³/mol. The molecule has 1 saturated heterocycles. The Morgan fingerprint density at radius 2 is 1.85 bits per heavy atom. The monoisotopic (exact) mass is 362 g/mol. The van der Waals surface area contributed by atoms with Gasteiger partial charge in [0, 0.05) is 31.7 Å². The van der Waals surface area contributed by atoms with Crippen molar-refractivity contribution in [2.75, 3.05) is 25.0 Å². The maximum atomic E-state index is 12.7. The van der Waals surface area contributed by atoms with Gasteiger partial charge in [-0.05, 0) is 18.4 Å². The molecular formula is C19H21F3N4. The molecule has 2 aromatic rings. The molecule has 7 heteroatoms. The van der Waals surface area contributed by atoms with Crippen LogP contribution in [0.1, 0.15) is 24.1 Å². The lowest BCUT2D eigenvalue weighted by atomic mass is 10.0. The third-order valence-electron chi connectivity index (χ3n) is 4.37. The van der Waals surface area contributed by atoms with Crippen LogP contribution in [0.2, 0.25) is 0 Å². The second-order valence-corrected chi connectivity index (χ2v) is 6.32. The summed E-state index contributed by atoms with van der Waals surface area (Å²) in [6, 6.07) is 11.2. The molecule has 0 unspecified atom stereocenters. The van der Waals surface area contributed by atoms with Gasteiger partial charge in [0.25, 0.3) is 0 Å². The van der Waals surface area contributed by atoms with E-state index in [0.717, 1.165) is 44.9 Å². The number of hydrogen-bond acceptors (Lipinski definition) is 4. The van der Waals surface area contributed by atoms with E-state index in [2.05, 4.69) is 44.5 Å². The molecule has 2 heterocycles. The zero-order valence-electron chi connectivity index (χ0n) is 14.3. The summed E-state index contributed by atoms with van der Waals surface area (Å²) >= 11 is 0. The fraction of sp³-hybridized carbons (Fsp3) is 0.368. The Labute approximate surface area is 150 Å². The first-order valence-corrected chi connectivity index (χ1v) is 8.60. The molecule has 26 heavy (non-hydrogen) atoms. The molecule has 1 aromatic heterocycles. The van der Waals surface area contributed by atoms with Crippen molar-refractivity contribution in [1.82, 2.24) is 14.9 Å². The fourth-order valence-electron chi connectivity index (χ4n) is 2.96. The van der Waals surface area contributed by atoms with Crippen LogP contribution in [-0.2, 0) is 6.18 Å². The molecule has 4 nitrogen and oxygen atoms in total. The topological polar surface area (TPSA) is 41.0 Å². The molecule has 0 amide bonds. The van der Waals surface area contributed by atoms with Crippen molar-refractivity contribution in [2.24, 2.45) is 0 Å². The highest BCUT2D eigenvalue weighted by Gasteiger charge is 2.33. The van der Waals surface area contributed by atoms with Gasteiger partial charge in [-0.3, -0.25) is 4.90 Å². The minimum absolute atomic E-state index is 0.125. The fourth-order valence-corrected chi connectivity index (χ4v) is 2.96. The summed E-state index contributed by atoms with van der Waals surface area (Å²) in [6.07, 6.45) is 2.48. The number of likely N-dealkylation sites (tertiary alicyclic amines) is 1. The zero-order valence-corrected chi connectivity index (χ0v) is 14.3. The lowest BCUT2D eigenvalue weighted by Gasteiger charge is -2.31. The minimum Gasteiger partial charge on any atom is -0.367 e. The largest absolute Gasteiger partial charge is 0.433 e. The van der Waals surface area contributed by atoms with E-state index < -0.39 is 11.9 Å². The SMILES string of the molecule is FC(F)(F)c1cc(NC2CCN(CC=Cc3ccccc3)CC2)ncn1. The molecule has 1 aromatic carbocycles. The van der Waals surface area contributed by atoms with E-state index in [-0.39, 0.29) is 11.9 Å². The molecule has 1 aliphatic heterocycles. The number of nitrogens with zero attached hydrogens (tertiary/aromatic N) is 3. The van der Waals surface area contributed by atoms with Crippen molar-refractivity contribution in [3.63, 3.8) is 0 Å². The molecule has 0 bridgehead atoms. The van der Waals surface area contributed by atoms with Crippen LogP contribution in [-0.4, -0.2) is 40.5 Å². The van der Waals surface area contributed by atoms with Crippen LogP contribution in [0.4, 0.5) is 19.0 Å². The first kappa shape index (κ1) is 18.4. The van der Waals surface area contributed by atoms with Gasteiger partial charge in [0.15, 0.2) is 0 Å². The van der Waals surface area contributed by atoms with Gasteiger partial charge in [-0.25, -0.2) is 9.97 Å². The van der Waals surface area contributed by atoms with Gasteiger partial charge in [0.2, 0.25) is 0 Å². The lowest BCUT2D eigenvalue weighted by Crippen LogP contribution is -2.39. The Morgan fingerprint density at radius 3 is 2.54 bits per heavy atom. The van der Waals surface area contributed by atoms with E-state index in [0.29, 0.717) is 0 Å². The maximum absolute atomic E-state index is 12.7. The second-order valence-electron chi connectivity index (χ2n) is 6.32. The molecular weight excluding hydrogens is 341 g/mol. The van der Waals surface area contributed by atoms with E-state index in [4.69, 9.17) is 0 Å². The van der Waals surface area contributed by atoms with Gasteiger partial charge in [0.05, 0.1) is 0 Å². The first-order valence-electron chi connectivity index (χ1n) is 8.60. The average Bonchev–Trinajstić information content (AvgIpc) is 2.64. The highest BCUT2D eigenvalue weighted by molar-refractivity contribution is 5.48. The molecule has 0 radical (unpaired) electrons. The van der Waals surface area contributed by atoms with Gasteiger partial charge >= 0.3 is 6.18 Å². The average molecular weight is 362 g/mol. The standard InChI is InChI=1S/C19H21F3N4/c20-19(21,22)17-13-18(24-14-23-17)25-16-8-11-26(12-9-16)10-4-7-15-5-2-1-3-6-15/h1-7,13-14,16H,8-12H2,(H,23,24,25). The van der Waals surface area contributed by atoms with Crippen molar-refractivity contribution in [3.8, 4) is 0 Å². The molecule has 0 atom stereocenters. The van der Waals surface area contributed by atoms with E-state index in [9.17, 15) is 13.2 Å². The third kappa shape index (κ3) is 5.29. The summed E-state index contributed by atoms with van der Waals surface area (Å²) in [7, 11) is 0. The van der Waals surface area contributed by atoms with Gasteiger partial charge in [-0.1, -0.05) is 42.5 Å². The third-order valence-corrected chi connectivity index (χ3v) is 4.37. The van der Waals surface area contributed by atoms with E-state index in [1.807, 2.05) is 18.2 Å². The Morgan fingerprint density at radius 1 is 1.12 bits per heavy atom. The predicted octanol–water partition coefficient (Wildman–Crippen LogP) is 4.09. The summed E-state index contributed by atoms with van der Waals surface area (Å²) in [4.78, 5) is 9.52. The van der Waals surface area contributed by atoms with Crippen LogP contribution in [0.5, 0.6) is 0 Å². The minimum atomic E-state index is -4.45. The Bertz CT molecular complexity index is 723. The highest BCUT2D eigenvalue weighted by atomic mass is 19.4. The van der Waals surface area contributed by atoms with E-state index >= 15 is 0 Å². The number of nitrogens with one attached hydrogen (secondary N) is 1. The van der Waals surface area contributed by atoms with Crippen molar-refractivity contribution in [1.29, 1.82) is 0 Å². The van der Waals surface area contributed by atoms with Crippen LogP contribution >= 0.6 is 0 Å². The first-order chi connectivity index (χ1) is 12.5. The van der Waals surface area contributed by atoms with Crippen molar-refractivity contribution in [3.05, 3.63) is 60.1 Å². The molecule has 3 rings (SSSR count). The normalized spacial score (nSPS) is 16.9. The number of hydrogen-bond donors (Lipinski definition) is 1. The second kappa shape index (κ2) is 8.31. The van der Waals surface area contributed by atoms with Crippen molar-refractivity contribution < 1.29 is 13.2 Å². The molecule has 0 spiro atoms. The van der Waals surface area contributed by atoms with Gasteiger partial charge in [-0.15, -0.1) is 0 Å². The smallest absolute Gasteiger partial charge is 0.367 e. The van der Waals surface area contributed by atoms with Gasteiger partial charge in [0.1, 0.15) is 17.8 Å². The summed E-state index contributed by atoms with van der Waals surface area (Å²) in [6.45, 7) is 2.66. The van der Waals surface area contributed by atoms with Gasteiger partial charge in [-0.2, -0.15) is 13.2 Å². The summed E-state index contributed by atoms with van der Waals surface area (Å²) in [5.41, 5.74) is 0.256. The molecule has 1 fully saturated rings. The quantitative estimate of drug-likeness (QED) is 0.870. The van der Waals surface area contributed by atoms with Crippen LogP contribution < -0.4 is 5.32 Å². The Hall–Kier alpha value is -2.41. The summed E-state index contributed by atoms with van der Waals surface area (Å²) < 4.78 is 38.1. The zero-order chi connectivity index (χ0) is 18.4. The van der Waals surface area contributed by atoms with E-state index in [1.54, 1.807) is 0 Å². The van der Waals surface area contributed by atoms with E-state index in [1.165, 1.54) is 5.56 Å². The number of piperidine rings is 1. The van der Waals surface area contributed by atoms with Crippen LogP contribution in [0, 0.1) is 0 Å². The number of halogens is 3. The number of benzene rings is 1. The number of anilines is 1. The van der Waals surface area contributed by atoms with Crippen molar-refractivity contribution >= 4 is 11.9 Å². The van der Waals surface area contributed by atoms with Crippen molar-refractivity contribution in [2.45, 2.75) is 25.1 Å². The molecule has 1 N–H and O–H groups in total. The molecule has 138 valence electrons. The van der Waals surface area contributed by atoms with Gasteiger partial charge < -0.3 is 5.32 Å². The number of alkyl halides is 3. The maximum Gasteiger partial charge on any atom is 0.433 e. The number of rotatable bonds is 5. The molecule has 0 saturated carbocycles. The van der Waals surface area contributed by atoms with Crippen LogP contribution in [0.25, 0.3) is 6.08 Å². The van der Waals surface area contributed by atoms with Crippen LogP contribution in [0.15, 0.2) is 48.8 Å². The summed E-state index contributed by atoms with van der Waals surface area (Å²) in [5, 5.41) is 3.10. The molecule has 0 aliphatic carbocycles. The molecule has 1 aliphatic rings. The Balaban J connectivity index is 1.46.